The molecule has 0 aromatic carbocycles. The Bertz CT molecular complexity index is 508. The molecule has 0 radical (unpaired) electrons. The molecule has 0 bridgehead atoms. The van der Waals surface area contributed by atoms with E-state index < -0.39 is 4.92 Å². The van der Waals surface area contributed by atoms with Gasteiger partial charge in [-0.3, -0.25) is 19.8 Å². The van der Waals surface area contributed by atoms with E-state index in [1.165, 1.54) is 6.07 Å². The monoisotopic (exact) mass is 279 g/mol. The number of aromatic nitrogens is 1. The van der Waals surface area contributed by atoms with Gasteiger partial charge in [-0.05, 0) is 12.5 Å². The molecule has 108 valence electrons. The third kappa shape index (κ3) is 3.41. The van der Waals surface area contributed by atoms with E-state index in [2.05, 4.69) is 4.98 Å². The van der Waals surface area contributed by atoms with Crippen LogP contribution in [0.4, 0.5) is 11.5 Å². The Kier molecular flexibility index (Phi) is 4.46. The van der Waals surface area contributed by atoms with Crippen molar-refractivity contribution in [2.45, 2.75) is 6.42 Å². The number of amides is 1. The van der Waals surface area contributed by atoms with Crippen LogP contribution in [0.5, 0.6) is 0 Å². The van der Waals surface area contributed by atoms with E-state index in [0.29, 0.717) is 25.5 Å². The summed E-state index contributed by atoms with van der Waals surface area (Å²) in [5, 5.41) is 11.0. The first-order valence-corrected chi connectivity index (χ1v) is 6.43. The van der Waals surface area contributed by atoms with Gasteiger partial charge in [0.15, 0.2) is 0 Å². The molecule has 1 fully saturated rings. The number of hydrogen-bond acceptors (Lipinski definition) is 6. The minimum absolute atomic E-state index is 0.0100. The van der Waals surface area contributed by atoms with Gasteiger partial charge < -0.3 is 10.6 Å². The van der Waals surface area contributed by atoms with Crippen LogP contribution in [-0.2, 0) is 4.79 Å². The van der Waals surface area contributed by atoms with Crippen molar-refractivity contribution < 1.29 is 9.72 Å². The first kappa shape index (κ1) is 14.2. The van der Waals surface area contributed by atoms with Crippen LogP contribution in [-0.4, -0.2) is 53.4 Å². The molecule has 2 rings (SSSR count). The van der Waals surface area contributed by atoms with Gasteiger partial charge in [-0.2, -0.15) is 0 Å². The van der Waals surface area contributed by atoms with Gasteiger partial charge in [0.1, 0.15) is 0 Å². The molecule has 20 heavy (non-hydrogen) atoms. The van der Waals surface area contributed by atoms with Crippen molar-refractivity contribution in [3.63, 3.8) is 0 Å². The highest BCUT2D eigenvalue weighted by Crippen LogP contribution is 2.25. The summed E-state index contributed by atoms with van der Waals surface area (Å²) in [6, 6.07) is 3.01. The van der Waals surface area contributed by atoms with Crippen LogP contribution in [0.2, 0.25) is 0 Å². The molecule has 1 aromatic heterocycles. The first-order chi connectivity index (χ1) is 9.58. The summed E-state index contributed by atoms with van der Waals surface area (Å²) in [6.07, 6.45) is 2.36. The van der Waals surface area contributed by atoms with Gasteiger partial charge >= 0.3 is 5.69 Å². The molecular formula is C12H17N5O3. The summed E-state index contributed by atoms with van der Waals surface area (Å²) in [4.78, 5) is 29.5. The topological polar surface area (TPSA) is 106 Å². The molecule has 0 spiro atoms. The number of hydrogen-bond donors (Lipinski definition) is 1. The van der Waals surface area contributed by atoms with E-state index >= 15 is 0 Å². The highest BCUT2D eigenvalue weighted by atomic mass is 16.6. The SMILES string of the molecule is NC(=O)CN1CCCN(c2ncccc2[N+](=O)[O-])CC1. The van der Waals surface area contributed by atoms with Crippen LogP contribution >= 0.6 is 0 Å². The number of rotatable bonds is 4. The standard InChI is InChI=1S/C12H17N5O3/c13-11(18)9-15-5-2-6-16(8-7-15)12-10(17(19)20)3-1-4-14-12/h1,3-4H,2,5-9H2,(H2,13,18). The second kappa shape index (κ2) is 6.29. The zero-order chi connectivity index (χ0) is 14.5. The second-order valence-corrected chi connectivity index (χ2v) is 4.69. The Hall–Kier alpha value is -2.22. The Morgan fingerprint density at radius 2 is 2.20 bits per heavy atom. The predicted molar refractivity (Wildman–Crippen MR) is 73.4 cm³/mol. The summed E-state index contributed by atoms with van der Waals surface area (Å²) >= 11 is 0. The lowest BCUT2D eigenvalue weighted by Crippen LogP contribution is -2.37. The zero-order valence-corrected chi connectivity index (χ0v) is 11.1. The van der Waals surface area contributed by atoms with E-state index in [1.54, 1.807) is 12.3 Å². The third-order valence-electron chi connectivity index (χ3n) is 3.23. The molecule has 1 saturated heterocycles. The minimum atomic E-state index is -0.422. The average molecular weight is 279 g/mol. The number of carbonyl (C=O) groups excluding carboxylic acids is 1. The van der Waals surface area contributed by atoms with E-state index in [9.17, 15) is 14.9 Å². The fraction of sp³-hybridized carbons (Fsp3) is 0.500. The van der Waals surface area contributed by atoms with Crippen molar-refractivity contribution in [1.82, 2.24) is 9.88 Å². The summed E-state index contributed by atoms with van der Waals surface area (Å²) in [5.74, 6) is 0.0284. The van der Waals surface area contributed by atoms with Gasteiger partial charge in [0.25, 0.3) is 0 Å². The fourth-order valence-corrected chi connectivity index (χ4v) is 2.34. The molecule has 8 nitrogen and oxygen atoms in total. The number of nitro groups is 1. The molecule has 8 heteroatoms. The first-order valence-electron chi connectivity index (χ1n) is 6.43. The van der Waals surface area contributed by atoms with Crippen LogP contribution in [0.25, 0.3) is 0 Å². The van der Waals surface area contributed by atoms with Crippen LogP contribution in [0.3, 0.4) is 0 Å². The Morgan fingerprint density at radius 1 is 1.40 bits per heavy atom. The molecule has 0 unspecified atom stereocenters. The quantitative estimate of drug-likeness (QED) is 0.613. The maximum absolute atomic E-state index is 11.0. The van der Waals surface area contributed by atoms with Crippen LogP contribution in [0.1, 0.15) is 6.42 Å². The van der Waals surface area contributed by atoms with Gasteiger partial charge in [0.2, 0.25) is 11.7 Å². The minimum Gasteiger partial charge on any atom is -0.369 e. The molecule has 0 saturated carbocycles. The van der Waals surface area contributed by atoms with Gasteiger partial charge in [-0.15, -0.1) is 0 Å². The van der Waals surface area contributed by atoms with Crippen molar-refractivity contribution in [3.05, 3.63) is 28.4 Å². The van der Waals surface area contributed by atoms with Crippen LogP contribution in [0, 0.1) is 10.1 Å². The molecule has 1 amide bonds. The van der Waals surface area contributed by atoms with Gasteiger partial charge in [-0.1, -0.05) is 0 Å². The zero-order valence-electron chi connectivity index (χ0n) is 11.1. The predicted octanol–water partition coefficient (Wildman–Crippen LogP) is -0.0128. The molecule has 0 aliphatic carbocycles. The lowest BCUT2D eigenvalue weighted by molar-refractivity contribution is -0.384. The lowest BCUT2D eigenvalue weighted by Gasteiger charge is -2.21. The average Bonchev–Trinajstić information content (AvgIpc) is 2.63. The lowest BCUT2D eigenvalue weighted by atomic mass is 10.3. The fourth-order valence-electron chi connectivity index (χ4n) is 2.34. The number of pyridine rings is 1. The number of primary amides is 1. The van der Waals surface area contributed by atoms with E-state index in [-0.39, 0.29) is 18.1 Å². The highest BCUT2D eigenvalue weighted by molar-refractivity contribution is 5.75. The molecule has 0 atom stereocenters. The number of nitrogens with zero attached hydrogens (tertiary/aromatic N) is 4. The van der Waals surface area contributed by atoms with Crippen LogP contribution in [0.15, 0.2) is 18.3 Å². The Balaban J connectivity index is 2.11. The van der Waals surface area contributed by atoms with E-state index in [4.69, 9.17) is 5.73 Å². The number of carbonyl (C=O) groups is 1. The molecule has 1 aliphatic rings. The van der Waals surface area contributed by atoms with Gasteiger partial charge in [-0.25, -0.2) is 4.98 Å². The molecule has 2 N–H and O–H groups in total. The van der Waals surface area contributed by atoms with Crippen molar-refractivity contribution in [1.29, 1.82) is 0 Å². The second-order valence-electron chi connectivity index (χ2n) is 4.69. The Labute approximate surface area is 116 Å². The maximum atomic E-state index is 11.0. The van der Waals surface area contributed by atoms with Crippen molar-refractivity contribution in [3.8, 4) is 0 Å². The third-order valence-corrected chi connectivity index (χ3v) is 3.23. The maximum Gasteiger partial charge on any atom is 0.311 e. The Morgan fingerprint density at radius 3 is 2.90 bits per heavy atom. The summed E-state index contributed by atoms with van der Waals surface area (Å²) in [6.45, 7) is 2.87. The summed E-state index contributed by atoms with van der Waals surface area (Å²) in [7, 11) is 0. The van der Waals surface area contributed by atoms with E-state index in [1.807, 2.05) is 9.80 Å². The van der Waals surface area contributed by atoms with Crippen molar-refractivity contribution in [2.75, 3.05) is 37.6 Å². The van der Waals surface area contributed by atoms with Gasteiger partial charge in [0.05, 0.1) is 11.5 Å². The smallest absolute Gasteiger partial charge is 0.311 e. The normalized spacial score (nSPS) is 16.7. The number of anilines is 1. The van der Waals surface area contributed by atoms with Gasteiger partial charge in [0, 0.05) is 38.4 Å². The highest BCUT2D eigenvalue weighted by Gasteiger charge is 2.23. The van der Waals surface area contributed by atoms with E-state index in [0.717, 1.165) is 13.0 Å². The molecule has 1 aromatic rings. The number of nitrogens with two attached hydrogens (primary N) is 1. The van der Waals surface area contributed by atoms with Crippen molar-refractivity contribution >= 4 is 17.4 Å². The molecular weight excluding hydrogens is 262 g/mol. The summed E-state index contributed by atoms with van der Waals surface area (Å²) < 4.78 is 0. The largest absolute Gasteiger partial charge is 0.369 e. The molecule has 1 aliphatic heterocycles. The molecule has 2 heterocycles. The van der Waals surface area contributed by atoms with Crippen LogP contribution < -0.4 is 10.6 Å². The summed E-state index contributed by atoms with van der Waals surface area (Å²) in [5.41, 5.74) is 5.20. The van der Waals surface area contributed by atoms with Crippen molar-refractivity contribution in [2.24, 2.45) is 5.73 Å².